The van der Waals surface area contributed by atoms with Gasteiger partial charge in [-0.2, -0.15) is 0 Å². The smallest absolute Gasteiger partial charge is 0.140 e. The second kappa shape index (κ2) is 4.41. The molecule has 0 fully saturated rings. The molecule has 0 aliphatic carbocycles. The minimum Gasteiger partial charge on any atom is -0.456 e. The van der Waals surface area contributed by atoms with Crippen LogP contribution in [-0.4, -0.2) is 0 Å². The van der Waals surface area contributed by atoms with E-state index in [9.17, 15) is 0 Å². The van der Waals surface area contributed by atoms with Gasteiger partial charge in [-0.25, -0.2) is 0 Å². The Balaban J connectivity index is 2.28. The van der Waals surface area contributed by atoms with E-state index >= 15 is 0 Å². The van der Waals surface area contributed by atoms with Crippen LogP contribution in [0.5, 0.6) is 11.5 Å². The van der Waals surface area contributed by atoms with Crippen molar-refractivity contribution in [2.24, 2.45) is 0 Å². The molecule has 0 bridgehead atoms. The Morgan fingerprint density at radius 3 is 2.47 bits per heavy atom. The highest BCUT2D eigenvalue weighted by Gasteiger charge is 2.01. The van der Waals surface area contributed by atoms with Gasteiger partial charge in [-0.3, -0.25) is 0 Å². The molecule has 0 saturated carbocycles. The molecule has 1 nitrogen and oxygen atoms in total. The molecule has 0 saturated heterocycles. The second-order valence-electron chi connectivity index (χ2n) is 3.39. The van der Waals surface area contributed by atoms with Crippen molar-refractivity contribution in [2.45, 2.75) is 11.8 Å². The molecule has 0 aliphatic heterocycles. The topological polar surface area (TPSA) is 9.23 Å². The zero-order valence-electron chi connectivity index (χ0n) is 8.47. The quantitative estimate of drug-likeness (QED) is 0.744. The average molecular weight is 216 g/mol. The van der Waals surface area contributed by atoms with Crippen LogP contribution < -0.4 is 4.74 Å². The van der Waals surface area contributed by atoms with Crippen molar-refractivity contribution in [3.05, 3.63) is 54.1 Å². The minimum absolute atomic E-state index is 0.796. The maximum absolute atomic E-state index is 5.71. The summed E-state index contributed by atoms with van der Waals surface area (Å²) in [5.74, 6) is 1.63. The molecule has 0 radical (unpaired) electrons. The number of hydrogen-bond acceptors (Lipinski definition) is 2. The maximum atomic E-state index is 5.71. The van der Waals surface area contributed by atoms with Gasteiger partial charge < -0.3 is 4.74 Å². The summed E-state index contributed by atoms with van der Waals surface area (Å²) >= 11 is 4.35. The van der Waals surface area contributed by atoms with Crippen LogP contribution in [0, 0.1) is 6.92 Å². The van der Waals surface area contributed by atoms with E-state index in [0.717, 1.165) is 16.4 Å². The van der Waals surface area contributed by atoms with E-state index in [0.29, 0.717) is 0 Å². The lowest BCUT2D eigenvalue weighted by atomic mass is 10.2. The molecule has 0 aliphatic rings. The first kappa shape index (κ1) is 10.1. The fraction of sp³-hybridized carbons (Fsp3) is 0.0769. The van der Waals surface area contributed by atoms with Crippen LogP contribution in [0.2, 0.25) is 0 Å². The van der Waals surface area contributed by atoms with Crippen molar-refractivity contribution < 1.29 is 4.74 Å². The van der Waals surface area contributed by atoms with Gasteiger partial charge in [-0.15, -0.1) is 12.6 Å². The van der Waals surface area contributed by atoms with Gasteiger partial charge in [0, 0.05) is 4.90 Å². The van der Waals surface area contributed by atoms with E-state index in [-0.39, 0.29) is 0 Å². The van der Waals surface area contributed by atoms with Crippen LogP contribution in [0.1, 0.15) is 5.56 Å². The molecule has 2 heteroatoms. The number of ether oxygens (including phenoxy) is 1. The van der Waals surface area contributed by atoms with Gasteiger partial charge in [0.05, 0.1) is 0 Å². The van der Waals surface area contributed by atoms with Crippen molar-refractivity contribution in [1.82, 2.24) is 0 Å². The molecule has 0 heterocycles. The number of aryl methyl sites for hydroxylation is 1. The maximum Gasteiger partial charge on any atom is 0.140 e. The lowest BCUT2D eigenvalue weighted by molar-refractivity contribution is 0.471. The summed E-state index contributed by atoms with van der Waals surface area (Å²) in [5, 5.41) is 0. The summed E-state index contributed by atoms with van der Waals surface area (Å²) in [6.45, 7) is 2.03. The van der Waals surface area contributed by atoms with Crippen molar-refractivity contribution in [1.29, 1.82) is 0 Å². The van der Waals surface area contributed by atoms with Gasteiger partial charge >= 0.3 is 0 Å². The van der Waals surface area contributed by atoms with Crippen LogP contribution in [0.25, 0.3) is 0 Å². The Morgan fingerprint density at radius 1 is 1.00 bits per heavy atom. The molecule has 2 aromatic carbocycles. The number of thiol groups is 1. The standard InChI is InChI=1S/C13H12OS/c1-10-7-8-13(15)12(9-10)14-11-5-3-2-4-6-11/h2-9,15H,1H3. The molecule has 0 atom stereocenters. The van der Waals surface area contributed by atoms with E-state index in [1.165, 1.54) is 5.56 Å². The SMILES string of the molecule is Cc1ccc(S)c(Oc2ccccc2)c1. The van der Waals surface area contributed by atoms with E-state index in [1.54, 1.807) is 0 Å². The Morgan fingerprint density at radius 2 is 1.73 bits per heavy atom. The number of rotatable bonds is 2. The molecule has 2 rings (SSSR count). The molecule has 0 N–H and O–H groups in total. The van der Waals surface area contributed by atoms with Gasteiger partial charge in [0.15, 0.2) is 0 Å². The lowest BCUT2D eigenvalue weighted by Gasteiger charge is -2.08. The third-order valence-electron chi connectivity index (χ3n) is 2.09. The molecule has 76 valence electrons. The Kier molecular flexibility index (Phi) is 2.97. The molecule has 0 aromatic heterocycles. The predicted octanol–water partition coefficient (Wildman–Crippen LogP) is 4.08. The van der Waals surface area contributed by atoms with Crippen LogP contribution in [0.4, 0.5) is 0 Å². The van der Waals surface area contributed by atoms with E-state index in [1.807, 2.05) is 55.5 Å². The zero-order valence-corrected chi connectivity index (χ0v) is 9.37. The van der Waals surface area contributed by atoms with Crippen molar-refractivity contribution in [2.75, 3.05) is 0 Å². The van der Waals surface area contributed by atoms with Gasteiger partial charge in [0.2, 0.25) is 0 Å². The fourth-order valence-electron chi connectivity index (χ4n) is 1.32. The van der Waals surface area contributed by atoms with Gasteiger partial charge in [0.1, 0.15) is 11.5 Å². The second-order valence-corrected chi connectivity index (χ2v) is 3.87. The van der Waals surface area contributed by atoms with Gasteiger partial charge in [0.25, 0.3) is 0 Å². The molecule has 0 unspecified atom stereocenters. The molecule has 15 heavy (non-hydrogen) atoms. The highest BCUT2D eigenvalue weighted by atomic mass is 32.1. The van der Waals surface area contributed by atoms with E-state index in [2.05, 4.69) is 12.6 Å². The Bertz CT molecular complexity index is 451. The number of benzene rings is 2. The summed E-state index contributed by atoms with van der Waals surface area (Å²) in [6.07, 6.45) is 0. The van der Waals surface area contributed by atoms with Gasteiger partial charge in [-0.05, 0) is 36.8 Å². The molecular formula is C13H12OS. The van der Waals surface area contributed by atoms with Crippen molar-refractivity contribution >= 4 is 12.6 Å². The molecule has 0 spiro atoms. The summed E-state index contributed by atoms with van der Waals surface area (Å²) in [7, 11) is 0. The normalized spacial score (nSPS) is 10.0. The molecule has 0 amide bonds. The molecule has 2 aromatic rings. The van der Waals surface area contributed by atoms with Crippen molar-refractivity contribution in [3.8, 4) is 11.5 Å². The van der Waals surface area contributed by atoms with Crippen molar-refractivity contribution in [3.63, 3.8) is 0 Å². The Hall–Kier alpha value is -1.41. The van der Waals surface area contributed by atoms with Crippen LogP contribution in [-0.2, 0) is 0 Å². The van der Waals surface area contributed by atoms with Gasteiger partial charge in [-0.1, -0.05) is 24.3 Å². The van der Waals surface area contributed by atoms with E-state index < -0.39 is 0 Å². The first-order valence-corrected chi connectivity index (χ1v) is 5.23. The number of para-hydroxylation sites is 1. The minimum atomic E-state index is 0.796. The summed E-state index contributed by atoms with van der Waals surface area (Å²) in [5.41, 5.74) is 1.17. The average Bonchev–Trinajstić information content (AvgIpc) is 2.25. The van der Waals surface area contributed by atoms with E-state index in [4.69, 9.17) is 4.74 Å². The first-order chi connectivity index (χ1) is 7.25. The van der Waals surface area contributed by atoms with Crippen LogP contribution in [0.15, 0.2) is 53.4 Å². The largest absolute Gasteiger partial charge is 0.456 e. The summed E-state index contributed by atoms with van der Waals surface area (Å²) < 4.78 is 5.71. The first-order valence-electron chi connectivity index (χ1n) is 4.78. The highest BCUT2D eigenvalue weighted by Crippen LogP contribution is 2.28. The van der Waals surface area contributed by atoms with Crippen LogP contribution in [0.3, 0.4) is 0 Å². The fourth-order valence-corrected chi connectivity index (χ4v) is 1.50. The summed E-state index contributed by atoms with van der Waals surface area (Å²) in [6, 6.07) is 15.6. The third kappa shape index (κ3) is 2.54. The predicted molar refractivity (Wildman–Crippen MR) is 64.9 cm³/mol. The lowest BCUT2D eigenvalue weighted by Crippen LogP contribution is -1.86. The molecular weight excluding hydrogens is 204 g/mol. The monoisotopic (exact) mass is 216 g/mol. The Labute approximate surface area is 95.1 Å². The zero-order chi connectivity index (χ0) is 10.7. The van der Waals surface area contributed by atoms with Crippen LogP contribution >= 0.6 is 12.6 Å². The summed E-state index contributed by atoms with van der Waals surface area (Å²) in [4.78, 5) is 0.851. The number of hydrogen-bond donors (Lipinski definition) is 1. The third-order valence-corrected chi connectivity index (χ3v) is 2.46. The highest BCUT2D eigenvalue weighted by molar-refractivity contribution is 7.80.